The number of aliphatic hydroxyl groups is 1. The van der Waals surface area contributed by atoms with Gasteiger partial charge in [-0.1, -0.05) is 0 Å². The molecule has 0 aromatic carbocycles. The molecule has 1 amide bonds. The molecule has 3 rings (SSSR count). The van der Waals surface area contributed by atoms with E-state index >= 15 is 0 Å². The summed E-state index contributed by atoms with van der Waals surface area (Å²) >= 11 is 0. The maximum Gasteiger partial charge on any atom is 1.00 e. The summed E-state index contributed by atoms with van der Waals surface area (Å²) in [4.78, 5) is 24.9. The maximum absolute atomic E-state index is 12.1. The minimum absolute atomic E-state index is 0. The van der Waals surface area contributed by atoms with E-state index < -0.39 is 18.0 Å². The van der Waals surface area contributed by atoms with Crippen molar-refractivity contribution in [3.63, 3.8) is 0 Å². The molecule has 6 nitrogen and oxygen atoms in total. The first-order valence-electron chi connectivity index (χ1n) is 6.98. The summed E-state index contributed by atoms with van der Waals surface area (Å²) in [7, 11) is 1.55. The molecule has 1 saturated carbocycles. The zero-order valence-corrected chi connectivity index (χ0v) is 14.5. The number of carboxylic acid groups (broad SMARTS) is 1. The molecule has 0 spiro atoms. The topological polar surface area (TPSA) is 89.9 Å². The van der Waals surface area contributed by atoms with Crippen molar-refractivity contribution in [2.75, 3.05) is 7.11 Å². The fourth-order valence-corrected chi connectivity index (χ4v) is 4.07. The number of methoxy groups -OCH3 is 1. The van der Waals surface area contributed by atoms with Gasteiger partial charge in [-0.25, -0.2) is 0 Å². The Morgan fingerprint density at radius 3 is 2.67 bits per heavy atom. The number of aliphatic carboxylic acids is 1. The van der Waals surface area contributed by atoms with Crippen LogP contribution in [0.5, 0.6) is 0 Å². The summed E-state index contributed by atoms with van der Waals surface area (Å²) in [5.74, 6) is -2.18. The predicted molar refractivity (Wildman–Crippen MR) is 66.0 cm³/mol. The zero-order chi connectivity index (χ0) is 14.6. The monoisotopic (exact) mass is 303 g/mol. The molecule has 0 bridgehead atoms. The molecule has 110 valence electrons. The van der Waals surface area contributed by atoms with E-state index in [1.54, 1.807) is 14.0 Å². The van der Waals surface area contributed by atoms with Gasteiger partial charge < -0.3 is 24.6 Å². The summed E-state index contributed by atoms with van der Waals surface area (Å²) in [5.41, 5.74) is 0.661. The third kappa shape index (κ3) is 2.28. The number of fused-ring (bicyclic) bond motifs is 3. The largest absolute Gasteiger partial charge is 1.00 e. The number of rotatable bonds is 3. The Hall–Kier alpha value is -0.400. The molecule has 1 unspecified atom stereocenters. The smallest absolute Gasteiger partial charge is 0.543 e. The summed E-state index contributed by atoms with van der Waals surface area (Å²) in [6, 6.07) is -0.247. The Morgan fingerprint density at radius 1 is 1.48 bits per heavy atom. The van der Waals surface area contributed by atoms with Crippen LogP contribution in [0.15, 0.2) is 11.3 Å². The zero-order valence-electron chi connectivity index (χ0n) is 12.5. The molecule has 21 heavy (non-hydrogen) atoms. The Morgan fingerprint density at radius 2 is 2.14 bits per heavy atom. The third-order valence-electron chi connectivity index (χ3n) is 4.84. The first-order valence-corrected chi connectivity index (χ1v) is 6.98. The number of aliphatic hydroxyl groups excluding tert-OH is 1. The molecule has 7 heteroatoms. The number of ether oxygens (including phenoxy) is 1. The van der Waals surface area contributed by atoms with Gasteiger partial charge in [0.1, 0.15) is 0 Å². The van der Waals surface area contributed by atoms with Crippen LogP contribution in [0, 0.1) is 11.8 Å². The van der Waals surface area contributed by atoms with Crippen molar-refractivity contribution in [3.05, 3.63) is 11.3 Å². The van der Waals surface area contributed by atoms with Gasteiger partial charge in [-0.15, -0.1) is 0 Å². The van der Waals surface area contributed by atoms with Crippen LogP contribution in [0.4, 0.5) is 0 Å². The number of amides is 1. The van der Waals surface area contributed by atoms with Crippen molar-refractivity contribution >= 4 is 11.9 Å². The van der Waals surface area contributed by atoms with Crippen molar-refractivity contribution in [3.8, 4) is 0 Å². The van der Waals surface area contributed by atoms with Crippen LogP contribution in [0.2, 0.25) is 0 Å². The second-order valence-electron chi connectivity index (χ2n) is 5.82. The molecule has 1 aliphatic carbocycles. The van der Waals surface area contributed by atoms with Crippen LogP contribution >= 0.6 is 0 Å². The van der Waals surface area contributed by atoms with Crippen molar-refractivity contribution in [1.29, 1.82) is 0 Å². The quantitative estimate of drug-likeness (QED) is 0.424. The van der Waals surface area contributed by atoms with Gasteiger partial charge in [0.15, 0.2) is 0 Å². The molecule has 1 N–H and O–H groups in total. The molecular formula is C14H18NNaO5. The van der Waals surface area contributed by atoms with Crippen LogP contribution in [0.3, 0.4) is 0 Å². The molecule has 5 atom stereocenters. The summed E-state index contributed by atoms with van der Waals surface area (Å²) in [6.07, 6.45) is 1.47. The molecule has 1 saturated heterocycles. The minimum Gasteiger partial charge on any atom is -0.543 e. The Kier molecular flexibility index (Phi) is 4.85. The summed E-state index contributed by atoms with van der Waals surface area (Å²) in [6.45, 7) is 1.58. The fraction of sp³-hybridized carbons (Fsp3) is 0.714. The fourth-order valence-electron chi connectivity index (χ4n) is 4.07. The molecule has 0 radical (unpaired) electrons. The molecule has 0 aromatic heterocycles. The van der Waals surface area contributed by atoms with E-state index in [2.05, 4.69) is 0 Å². The summed E-state index contributed by atoms with van der Waals surface area (Å²) < 4.78 is 5.39. The van der Waals surface area contributed by atoms with Crippen molar-refractivity contribution in [1.82, 2.24) is 4.90 Å². The molecule has 2 aliphatic heterocycles. The van der Waals surface area contributed by atoms with Crippen molar-refractivity contribution in [2.45, 2.75) is 44.4 Å². The van der Waals surface area contributed by atoms with E-state index in [9.17, 15) is 19.8 Å². The standard InChI is InChI=1S/C14H19NO5.Na/c1-6(16)9-11-7-4-3-5-8(20-2)10(7)12(14(18)19)15(11)13(9)17;/h6-9,11,16H,3-5H2,1-2H3,(H,18,19);/q;+1/p-1/t6?,7-,8-,9+,11+;/m0./s1. The molecule has 0 aromatic rings. The van der Waals surface area contributed by atoms with Gasteiger partial charge in [0.05, 0.1) is 35.8 Å². The van der Waals surface area contributed by atoms with Crippen LogP contribution in [-0.2, 0) is 14.3 Å². The third-order valence-corrected chi connectivity index (χ3v) is 4.84. The molecule has 3 aliphatic rings. The molecule has 2 fully saturated rings. The Bertz CT molecular complexity index is 504. The van der Waals surface area contributed by atoms with Gasteiger partial charge in [0, 0.05) is 13.0 Å². The average Bonchev–Trinajstić information content (AvgIpc) is 2.69. The van der Waals surface area contributed by atoms with Gasteiger partial charge in [-0.3, -0.25) is 4.79 Å². The molecule has 2 heterocycles. The van der Waals surface area contributed by atoms with Crippen molar-refractivity contribution < 1.29 is 54.1 Å². The second kappa shape index (κ2) is 6.01. The van der Waals surface area contributed by atoms with E-state index in [0.717, 1.165) is 19.3 Å². The number of carbonyl (C=O) groups excluding carboxylic acids is 2. The van der Waals surface area contributed by atoms with E-state index in [1.807, 2.05) is 0 Å². The average molecular weight is 303 g/mol. The summed E-state index contributed by atoms with van der Waals surface area (Å²) in [5, 5.41) is 21.2. The van der Waals surface area contributed by atoms with Crippen LogP contribution in [0.1, 0.15) is 26.2 Å². The SMILES string of the molecule is CO[C@H]1CCC[C@H]2C1=C(C(=O)[O-])N1C(=O)[C@H](C(C)O)[C@@H]21.[Na+]. The minimum atomic E-state index is -1.33. The number of nitrogens with zero attached hydrogens (tertiary/aromatic N) is 1. The number of hydrogen-bond donors (Lipinski definition) is 1. The first-order chi connectivity index (χ1) is 9.49. The van der Waals surface area contributed by atoms with Gasteiger partial charge in [-0.2, -0.15) is 0 Å². The van der Waals surface area contributed by atoms with E-state index in [1.165, 1.54) is 4.90 Å². The second-order valence-corrected chi connectivity index (χ2v) is 5.82. The molecular weight excluding hydrogens is 285 g/mol. The number of hydrogen-bond acceptors (Lipinski definition) is 5. The normalized spacial score (nSPS) is 35.6. The van der Waals surface area contributed by atoms with Crippen LogP contribution < -0.4 is 34.7 Å². The van der Waals surface area contributed by atoms with Gasteiger partial charge in [0.25, 0.3) is 0 Å². The van der Waals surface area contributed by atoms with Gasteiger partial charge in [-0.05, 0) is 31.8 Å². The van der Waals surface area contributed by atoms with E-state index in [-0.39, 0.29) is 59.2 Å². The van der Waals surface area contributed by atoms with E-state index in [4.69, 9.17) is 4.74 Å². The maximum atomic E-state index is 12.1. The van der Waals surface area contributed by atoms with E-state index in [0.29, 0.717) is 5.57 Å². The Labute approximate surface area is 145 Å². The number of β-lactam (4-membered cyclic amide) rings is 1. The van der Waals surface area contributed by atoms with Crippen molar-refractivity contribution in [2.24, 2.45) is 11.8 Å². The first kappa shape index (κ1) is 17.0. The van der Waals surface area contributed by atoms with Gasteiger partial charge in [0.2, 0.25) is 5.91 Å². The van der Waals surface area contributed by atoms with Crippen LogP contribution in [-0.4, -0.2) is 47.2 Å². The van der Waals surface area contributed by atoms with Gasteiger partial charge >= 0.3 is 29.6 Å². The van der Waals surface area contributed by atoms with Crippen LogP contribution in [0.25, 0.3) is 0 Å². The number of carboxylic acids is 1. The Balaban J connectivity index is 0.00000161. The predicted octanol–water partition coefficient (Wildman–Crippen LogP) is -3.97. The number of carbonyl (C=O) groups is 2.